The first-order valence-electron chi connectivity index (χ1n) is 5.84. The van der Waals surface area contributed by atoms with Crippen LogP contribution in [0.25, 0.3) is 0 Å². The van der Waals surface area contributed by atoms with Crippen molar-refractivity contribution >= 4 is 5.91 Å². The quantitative estimate of drug-likeness (QED) is 0.842. The van der Waals surface area contributed by atoms with Gasteiger partial charge in [-0.05, 0) is 24.6 Å². The maximum atomic E-state index is 12.2. The predicted molar refractivity (Wildman–Crippen MR) is 63.9 cm³/mol. The van der Waals surface area contributed by atoms with Gasteiger partial charge in [-0.2, -0.15) is 0 Å². The van der Waals surface area contributed by atoms with Gasteiger partial charge in [-0.3, -0.25) is 4.79 Å². The predicted octanol–water partition coefficient (Wildman–Crippen LogP) is 1.35. The second-order valence-electron chi connectivity index (χ2n) is 4.25. The van der Waals surface area contributed by atoms with Crippen molar-refractivity contribution in [3.05, 3.63) is 29.8 Å². The molecule has 17 heavy (non-hydrogen) atoms. The number of aromatic hydroxyl groups is 1. The van der Waals surface area contributed by atoms with E-state index in [4.69, 9.17) is 4.74 Å². The Hall–Kier alpha value is -1.55. The molecule has 1 aromatic rings. The highest BCUT2D eigenvalue weighted by molar-refractivity contribution is 5.83. The Bertz CT molecular complexity index is 382. The first-order valence-corrected chi connectivity index (χ1v) is 5.84. The number of phenolic OH excluding ortho intramolecular Hbond substituents is 1. The first-order chi connectivity index (χ1) is 8.18. The van der Waals surface area contributed by atoms with Crippen molar-refractivity contribution in [3.63, 3.8) is 0 Å². The van der Waals surface area contributed by atoms with Gasteiger partial charge in [0.05, 0.1) is 19.1 Å². The molecule has 1 aromatic carbocycles. The minimum Gasteiger partial charge on any atom is -0.508 e. The van der Waals surface area contributed by atoms with Gasteiger partial charge in [0.15, 0.2) is 0 Å². The molecule has 1 N–H and O–H groups in total. The Kier molecular flexibility index (Phi) is 3.64. The van der Waals surface area contributed by atoms with Gasteiger partial charge in [0.25, 0.3) is 0 Å². The smallest absolute Gasteiger partial charge is 0.229 e. The van der Waals surface area contributed by atoms with Crippen molar-refractivity contribution in [1.29, 1.82) is 0 Å². The van der Waals surface area contributed by atoms with Gasteiger partial charge in [0, 0.05) is 13.1 Å². The number of carbonyl (C=O) groups excluding carboxylic acids is 1. The zero-order chi connectivity index (χ0) is 12.3. The summed E-state index contributed by atoms with van der Waals surface area (Å²) in [6.07, 6.45) is 0. The normalized spacial score (nSPS) is 17.8. The van der Waals surface area contributed by atoms with Gasteiger partial charge < -0.3 is 14.7 Å². The molecule has 1 amide bonds. The lowest BCUT2D eigenvalue weighted by Gasteiger charge is -2.29. The van der Waals surface area contributed by atoms with E-state index < -0.39 is 0 Å². The van der Waals surface area contributed by atoms with Crippen LogP contribution in [0.5, 0.6) is 5.75 Å². The van der Waals surface area contributed by atoms with E-state index in [1.807, 2.05) is 11.8 Å². The Morgan fingerprint density at radius 3 is 2.47 bits per heavy atom. The van der Waals surface area contributed by atoms with Crippen LogP contribution in [0, 0.1) is 0 Å². The first kappa shape index (κ1) is 11.9. The van der Waals surface area contributed by atoms with Crippen molar-refractivity contribution in [1.82, 2.24) is 4.90 Å². The molecular formula is C13H17NO3. The van der Waals surface area contributed by atoms with E-state index in [0.717, 1.165) is 5.56 Å². The summed E-state index contributed by atoms with van der Waals surface area (Å²) in [5.74, 6) is 0.174. The number of morpholine rings is 1. The Morgan fingerprint density at radius 1 is 1.29 bits per heavy atom. The largest absolute Gasteiger partial charge is 0.508 e. The molecule has 1 saturated heterocycles. The van der Waals surface area contributed by atoms with Crippen LogP contribution in [-0.2, 0) is 9.53 Å². The maximum Gasteiger partial charge on any atom is 0.229 e. The van der Waals surface area contributed by atoms with Crippen LogP contribution in [0.2, 0.25) is 0 Å². The van der Waals surface area contributed by atoms with E-state index in [1.54, 1.807) is 24.3 Å². The third-order valence-corrected chi connectivity index (χ3v) is 3.09. The molecule has 4 heteroatoms. The van der Waals surface area contributed by atoms with Crippen molar-refractivity contribution in [2.24, 2.45) is 0 Å². The summed E-state index contributed by atoms with van der Waals surface area (Å²) in [6, 6.07) is 6.80. The highest BCUT2D eigenvalue weighted by atomic mass is 16.5. The molecule has 0 aliphatic carbocycles. The zero-order valence-electron chi connectivity index (χ0n) is 9.93. The van der Waals surface area contributed by atoms with Crippen LogP contribution in [-0.4, -0.2) is 42.2 Å². The zero-order valence-corrected chi connectivity index (χ0v) is 9.93. The molecule has 1 aliphatic heterocycles. The lowest BCUT2D eigenvalue weighted by atomic mass is 9.99. The van der Waals surface area contributed by atoms with Gasteiger partial charge in [0.1, 0.15) is 5.75 Å². The van der Waals surface area contributed by atoms with E-state index in [2.05, 4.69) is 0 Å². The van der Waals surface area contributed by atoms with Gasteiger partial charge >= 0.3 is 0 Å². The van der Waals surface area contributed by atoms with E-state index in [0.29, 0.717) is 26.3 Å². The molecule has 1 aliphatic rings. The summed E-state index contributed by atoms with van der Waals surface area (Å²) in [5.41, 5.74) is 0.930. The number of hydrogen-bond acceptors (Lipinski definition) is 3. The highest BCUT2D eigenvalue weighted by Gasteiger charge is 2.23. The maximum absolute atomic E-state index is 12.2. The average Bonchev–Trinajstić information content (AvgIpc) is 2.39. The van der Waals surface area contributed by atoms with E-state index in [1.165, 1.54) is 0 Å². The summed E-state index contributed by atoms with van der Waals surface area (Å²) in [6.45, 7) is 4.47. The Morgan fingerprint density at radius 2 is 1.88 bits per heavy atom. The van der Waals surface area contributed by atoms with Crippen LogP contribution in [0.4, 0.5) is 0 Å². The van der Waals surface area contributed by atoms with Crippen molar-refractivity contribution < 1.29 is 14.6 Å². The van der Waals surface area contributed by atoms with Crippen LogP contribution in [0.1, 0.15) is 18.4 Å². The highest BCUT2D eigenvalue weighted by Crippen LogP contribution is 2.21. The standard InChI is InChI=1S/C13H17NO3/c1-10(11-2-4-12(15)5-3-11)13(16)14-6-8-17-9-7-14/h2-5,10,15H,6-9H2,1H3. The summed E-state index contributed by atoms with van der Waals surface area (Å²) in [4.78, 5) is 14.0. The van der Waals surface area contributed by atoms with Gasteiger partial charge in [0.2, 0.25) is 5.91 Å². The molecule has 1 atom stereocenters. The number of phenols is 1. The number of hydrogen-bond donors (Lipinski definition) is 1. The number of nitrogens with zero attached hydrogens (tertiary/aromatic N) is 1. The number of benzene rings is 1. The minimum atomic E-state index is -0.173. The Labute approximate surface area is 101 Å². The summed E-state index contributed by atoms with van der Waals surface area (Å²) in [5, 5.41) is 9.21. The molecule has 0 saturated carbocycles. The summed E-state index contributed by atoms with van der Waals surface area (Å²) < 4.78 is 5.22. The van der Waals surface area contributed by atoms with Crippen molar-refractivity contribution in [3.8, 4) is 5.75 Å². The van der Waals surface area contributed by atoms with Crippen LogP contribution < -0.4 is 0 Å². The molecule has 1 unspecified atom stereocenters. The molecule has 0 radical (unpaired) electrons. The molecule has 2 rings (SSSR count). The molecule has 92 valence electrons. The second kappa shape index (κ2) is 5.19. The van der Waals surface area contributed by atoms with Crippen LogP contribution in [0.15, 0.2) is 24.3 Å². The van der Waals surface area contributed by atoms with E-state index >= 15 is 0 Å². The molecule has 1 fully saturated rings. The molecule has 0 aromatic heterocycles. The third kappa shape index (κ3) is 2.77. The number of ether oxygens (including phenoxy) is 1. The number of carbonyl (C=O) groups is 1. The number of amides is 1. The molecule has 4 nitrogen and oxygen atoms in total. The lowest BCUT2D eigenvalue weighted by molar-refractivity contribution is -0.136. The molecule has 0 spiro atoms. The lowest BCUT2D eigenvalue weighted by Crippen LogP contribution is -2.42. The SMILES string of the molecule is CC(C(=O)N1CCOCC1)c1ccc(O)cc1. The van der Waals surface area contributed by atoms with Crippen molar-refractivity contribution in [2.75, 3.05) is 26.3 Å². The monoisotopic (exact) mass is 235 g/mol. The topological polar surface area (TPSA) is 49.8 Å². The average molecular weight is 235 g/mol. The third-order valence-electron chi connectivity index (χ3n) is 3.09. The van der Waals surface area contributed by atoms with E-state index in [-0.39, 0.29) is 17.6 Å². The van der Waals surface area contributed by atoms with Gasteiger partial charge in [-0.25, -0.2) is 0 Å². The van der Waals surface area contributed by atoms with Gasteiger partial charge in [-0.1, -0.05) is 12.1 Å². The van der Waals surface area contributed by atoms with Crippen LogP contribution >= 0.6 is 0 Å². The van der Waals surface area contributed by atoms with E-state index in [9.17, 15) is 9.90 Å². The fourth-order valence-electron chi connectivity index (χ4n) is 1.96. The van der Waals surface area contributed by atoms with Crippen LogP contribution in [0.3, 0.4) is 0 Å². The van der Waals surface area contributed by atoms with Crippen molar-refractivity contribution in [2.45, 2.75) is 12.8 Å². The summed E-state index contributed by atoms with van der Waals surface area (Å²) in [7, 11) is 0. The minimum absolute atomic E-state index is 0.124. The fourth-order valence-corrected chi connectivity index (χ4v) is 1.96. The van der Waals surface area contributed by atoms with Gasteiger partial charge in [-0.15, -0.1) is 0 Å². The Balaban J connectivity index is 2.05. The fraction of sp³-hybridized carbons (Fsp3) is 0.462. The second-order valence-corrected chi connectivity index (χ2v) is 4.25. The number of rotatable bonds is 2. The summed E-state index contributed by atoms with van der Waals surface area (Å²) >= 11 is 0. The molecular weight excluding hydrogens is 218 g/mol. The molecule has 0 bridgehead atoms. The molecule has 1 heterocycles.